The third-order valence-corrected chi connectivity index (χ3v) is 2.78. The second-order valence-corrected chi connectivity index (χ2v) is 4.53. The molecule has 8 heteroatoms. The van der Waals surface area contributed by atoms with E-state index < -0.39 is 17.2 Å². The lowest BCUT2D eigenvalue weighted by Gasteiger charge is -2.16. The summed E-state index contributed by atoms with van der Waals surface area (Å²) in [5.41, 5.74) is 0.606. The Labute approximate surface area is 120 Å². The summed E-state index contributed by atoms with van der Waals surface area (Å²) in [5, 5.41) is 13.8. The van der Waals surface area contributed by atoms with E-state index in [0.29, 0.717) is 12.1 Å². The average Bonchev–Trinajstić information content (AvgIpc) is 2.41. The highest BCUT2D eigenvalue weighted by molar-refractivity contribution is 5.62. The number of halogens is 3. The number of alkyl halides is 3. The number of hydrogen-bond donors (Lipinski definition) is 1. The van der Waals surface area contributed by atoms with Gasteiger partial charge < -0.3 is 10.1 Å². The van der Waals surface area contributed by atoms with Gasteiger partial charge in [-0.3, -0.25) is 10.1 Å². The van der Waals surface area contributed by atoms with Gasteiger partial charge in [-0.15, -0.1) is 0 Å². The van der Waals surface area contributed by atoms with Crippen LogP contribution < -0.4 is 5.32 Å². The van der Waals surface area contributed by atoms with Crippen LogP contribution in [0.5, 0.6) is 0 Å². The van der Waals surface area contributed by atoms with Crippen LogP contribution in [0.1, 0.15) is 25.8 Å². The van der Waals surface area contributed by atoms with Crippen molar-refractivity contribution in [3.63, 3.8) is 0 Å². The van der Waals surface area contributed by atoms with Gasteiger partial charge in [0.2, 0.25) is 0 Å². The number of ether oxygens (including phenoxy) is 1. The van der Waals surface area contributed by atoms with Crippen LogP contribution in [-0.4, -0.2) is 23.7 Å². The molecule has 0 heterocycles. The van der Waals surface area contributed by atoms with Crippen molar-refractivity contribution in [2.45, 2.75) is 39.2 Å². The molecule has 0 spiro atoms. The van der Waals surface area contributed by atoms with E-state index >= 15 is 0 Å². The van der Waals surface area contributed by atoms with Crippen LogP contribution in [0.15, 0.2) is 18.2 Å². The van der Waals surface area contributed by atoms with Crippen LogP contribution in [-0.2, 0) is 11.3 Å². The molecule has 0 radical (unpaired) electrons. The molecule has 5 nitrogen and oxygen atoms in total. The molecule has 1 aromatic carbocycles. The fourth-order valence-corrected chi connectivity index (χ4v) is 1.55. The SMILES string of the molecule is CCCNc1cc(COC(C)C(F)(F)F)ccc1[N+](=O)[O-]. The Balaban J connectivity index is 2.82. The first kappa shape index (κ1) is 17.2. The lowest BCUT2D eigenvalue weighted by molar-refractivity contribution is -0.384. The van der Waals surface area contributed by atoms with E-state index in [-0.39, 0.29) is 18.0 Å². The monoisotopic (exact) mass is 306 g/mol. The molecule has 21 heavy (non-hydrogen) atoms. The topological polar surface area (TPSA) is 64.4 Å². The fraction of sp³-hybridized carbons (Fsp3) is 0.538. The van der Waals surface area contributed by atoms with Crippen LogP contribution in [0.3, 0.4) is 0 Å². The van der Waals surface area contributed by atoms with Crippen LogP contribution in [0.2, 0.25) is 0 Å². The minimum atomic E-state index is -4.43. The van der Waals surface area contributed by atoms with Gasteiger partial charge in [0, 0.05) is 12.6 Å². The molecule has 0 fully saturated rings. The van der Waals surface area contributed by atoms with Crippen molar-refractivity contribution in [2.75, 3.05) is 11.9 Å². The Hall–Kier alpha value is -1.83. The van der Waals surface area contributed by atoms with E-state index in [1.165, 1.54) is 18.2 Å². The minimum Gasteiger partial charge on any atom is -0.379 e. The number of anilines is 1. The van der Waals surface area contributed by atoms with Crippen molar-refractivity contribution in [1.29, 1.82) is 0 Å². The second kappa shape index (κ2) is 7.26. The quantitative estimate of drug-likeness (QED) is 0.613. The third kappa shape index (κ3) is 5.22. The lowest BCUT2D eigenvalue weighted by Crippen LogP contribution is -2.28. The van der Waals surface area contributed by atoms with Crippen molar-refractivity contribution in [1.82, 2.24) is 0 Å². The summed E-state index contributed by atoms with van der Waals surface area (Å²) in [4.78, 5) is 10.3. The molecule has 0 aliphatic heterocycles. The van der Waals surface area contributed by atoms with Gasteiger partial charge in [0.1, 0.15) is 5.69 Å². The Morgan fingerprint density at radius 1 is 1.43 bits per heavy atom. The predicted octanol–water partition coefficient (Wildman–Crippen LogP) is 3.88. The van der Waals surface area contributed by atoms with E-state index in [2.05, 4.69) is 5.32 Å². The van der Waals surface area contributed by atoms with Gasteiger partial charge in [-0.25, -0.2) is 0 Å². The lowest BCUT2D eigenvalue weighted by atomic mass is 10.1. The smallest absolute Gasteiger partial charge is 0.379 e. The minimum absolute atomic E-state index is 0.115. The fourth-order valence-electron chi connectivity index (χ4n) is 1.55. The van der Waals surface area contributed by atoms with Crippen molar-refractivity contribution >= 4 is 11.4 Å². The predicted molar refractivity (Wildman–Crippen MR) is 72.2 cm³/mol. The van der Waals surface area contributed by atoms with E-state index in [4.69, 9.17) is 4.74 Å². The number of benzene rings is 1. The van der Waals surface area contributed by atoms with Crippen molar-refractivity contribution in [2.24, 2.45) is 0 Å². The maximum Gasteiger partial charge on any atom is 0.414 e. The van der Waals surface area contributed by atoms with Gasteiger partial charge in [0.15, 0.2) is 6.10 Å². The van der Waals surface area contributed by atoms with Gasteiger partial charge in [-0.05, 0) is 31.0 Å². The molecular weight excluding hydrogens is 289 g/mol. The van der Waals surface area contributed by atoms with Gasteiger partial charge in [-0.2, -0.15) is 13.2 Å². The molecule has 1 aromatic rings. The molecular formula is C13H17F3N2O3. The van der Waals surface area contributed by atoms with Crippen molar-refractivity contribution < 1.29 is 22.8 Å². The Bertz CT molecular complexity index is 492. The third-order valence-electron chi connectivity index (χ3n) is 2.78. The summed E-state index contributed by atoms with van der Waals surface area (Å²) in [5.74, 6) is 0. The van der Waals surface area contributed by atoms with E-state index in [0.717, 1.165) is 13.3 Å². The number of rotatable bonds is 7. The number of nitro groups is 1. The zero-order chi connectivity index (χ0) is 16.0. The first-order valence-corrected chi connectivity index (χ1v) is 6.45. The van der Waals surface area contributed by atoms with Crippen LogP contribution in [0.25, 0.3) is 0 Å². The molecule has 0 bridgehead atoms. The number of hydrogen-bond acceptors (Lipinski definition) is 4. The Kier molecular flexibility index (Phi) is 5.95. The molecule has 0 saturated carbocycles. The number of nitrogens with one attached hydrogen (secondary N) is 1. The van der Waals surface area contributed by atoms with E-state index in [9.17, 15) is 23.3 Å². The molecule has 118 valence electrons. The maximum absolute atomic E-state index is 12.3. The maximum atomic E-state index is 12.3. The van der Waals surface area contributed by atoms with Crippen LogP contribution >= 0.6 is 0 Å². The summed E-state index contributed by atoms with van der Waals surface area (Å²) < 4.78 is 41.8. The van der Waals surface area contributed by atoms with Gasteiger partial charge in [0.05, 0.1) is 11.5 Å². The first-order chi connectivity index (χ1) is 9.75. The average molecular weight is 306 g/mol. The normalized spacial score (nSPS) is 13.0. The molecule has 1 N–H and O–H groups in total. The molecule has 1 rings (SSSR count). The van der Waals surface area contributed by atoms with Crippen molar-refractivity contribution in [3.8, 4) is 0 Å². The summed E-state index contributed by atoms with van der Waals surface area (Å²) >= 11 is 0. The highest BCUT2D eigenvalue weighted by atomic mass is 19.4. The van der Waals surface area contributed by atoms with Gasteiger partial charge in [0.25, 0.3) is 5.69 Å². The van der Waals surface area contributed by atoms with Crippen LogP contribution in [0.4, 0.5) is 24.5 Å². The molecule has 1 unspecified atom stereocenters. The largest absolute Gasteiger partial charge is 0.414 e. The summed E-state index contributed by atoms with van der Waals surface area (Å²) in [6.45, 7) is 3.09. The molecule has 1 atom stereocenters. The van der Waals surface area contributed by atoms with Gasteiger partial charge in [-0.1, -0.05) is 6.92 Å². The molecule has 0 saturated heterocycles. The highest BCUT2D eigenvalue weighted by Crippen LogP contribution is 2.27. The zero-order valence-electron chi connectivity index (χ0n) is 11.7. The van der Waals surface area contributed by atoms with E-state index in [1.807, 2.05) is 6.92 Å². The highest BCUT2D eigenvalue weighted by Gasteiger charge is 2.36. The summed E-state index contributed by atoms with van der Waals surface area (Å²) in [7, 11) is 0. The van der Waals surface area contributed by atoms with Crippen molar-refractivity contribution in [3.05, 3.63) is 33.9 Å². The van der Waals surface area contributed by atoms with E-state index in [1.54, 1.807) is 0 Å². The second-order valence-electron chi connectivity index (χ2n) is 4.53. The zero-order valence-corrected chi connectivity index (χ0v) is 11.7. The standard InChI is InChI=1S/C13H17F3N2O3/c1-3-6-17-11-7-10(4-5-12(11)18(19)20)8-21-9(2)13(14,15)16/h4-5,7,9,17H,3,6,8H2,1-2H3. The Morgan fingerprint density at radius 3 is 2.62 bits per heavy atom. The molecule has 0 amide bonds. The first-order valence-electron chi connectivity index (χ1n) is 6.45. The number of nitrogens with zero attached hydrogens (tertiary/aromatic N) is 1. The molecule has 0 aliphatic rings. The van der Waals surface area contributed by atoms with Gasteiger partial charge >= 0.3 is 6.18 Å². The summed E-state index contributed by atoms with van der Waals surface area (Å²) in [6, 6.07) is 4.09. The summed E-state index contributed by atoms with van der Waals surface area (Å²) in [6.07, 6.45) is -5.55. The molecule has 0 aromatic heterocycles. The number of nitro benzene ring substituents is 1. The Morgan fingerprint density at radius 2 is 2.10 bits per heavy atom. The van der Waals surface area contributed by atoms with Crippen LogP contribution in [0, 0.1) is 10.1 Å². The molecule has 0 aliphatic carbocycles.